The highest BCUT2D eigenvalue weighted by molar-refractivity contribution is 5.56. The summed E-state index contributed by atoms with van der Waals surface area (Å²) in [4.78, 5) is 0. The fourth-order valence-corrected chi connectivity index (χ4v) is 5.38. The Balaban J connectivity index is 1.92. The molecule has 1 aliphatic heterocycles. The molecule has 2 unspecified atom stereocenters. The van der Waals surface area contributed by atoms with Crippen LogP contribution in [0.5, 0.6) is 11.5 Å². The third kappa shape index (κ3) is 4.72. The van der Waals surface area contributed by atoms with Crippen molar-refractivity contribution in [1.82, 2.24) is 0 Å². The summed E-state index contributed by atoms with van der Waals surface area (Å²) >= 11 is 0. The Morgan fingerprint density at radius 3 is 2.57 bits per heavy atom. The molecule has 0 aromatic heterocycles. The molecule has 1 aromatic rings. The van der Waals surface area contributed by atoms with Gasteiger partial charge < -0.3 is 14.6 Å². The summed E-state index contributed by atoms with van der Waals surface area (Å²) in [6, 6.07) is 4.19. The third-order valence-electron chi connectivity index (χ3n) is 7.21. The zero-order valence-corrected chi connectivity index (χ0v) is 20.1. The summed E-state index contributed by atoms with van der Waals surface area (Å²) in [5.41, 5.74) is 4.93. The van der Waals surface area contributed by atoms with E-state index in [1.54, 1.807) is 0 Å². The van der Waals surface area contributed by atoms with Gasteiger partial charge in [0.2, 0.25) is 5.79 Å². The second-order valence-electron chi connectivity index (χ2n) is 10.2. The van der Waals surface area contributed by atoms with Crippen LogP contribution in [0.3, 0.4) is 0 Å². The van der Waals surface area contributed by atoms with E-state index >= 15 is 0 Å². The van der Waals surface area contributed by atoms with Crippen molar-refractivity contribution in [2.75, 3.05) is 6.61 Å². The zero-order valence-electron chi connectivity index (χ0n) is 20.1. The molecule has 0 radical (unpaired) electrons. The molecule has 0 spiro atoms. The largest absolute Gasteiger partial charge is 0.507 e. The first-order valence-electron chi connectivity index (χ1n) is 12.1. The van der Waals surface area contributed by atoms with Crippen LogP contribution in [0, 0.1) is 0 Å². The van der Waals surface area contributed by atoms with Crippen molar-refractivity contribution in [3.8, 4) is 11.5 Å². The van der Waals surface area contributed by atoms with Crippen LogP contribution in [-0.2, 0) is 10.2 Å². The van der Waals surface area contributed by atoms with E-state index in [0.717, 1.165) is 37.0 Å². The number of aromatic hydroxyl groups is 1. The summed E-state index contributed by atoms with van der Waals surface area (Å²) in [5.74, 6) is 0.843. The molecule has 168 valence electrons. The molecule has 30 heavy (non-hydrogen) atoms. The van der Waals surface area contributed by atoms with E-state index in [4.69, 9.17) is 9.47 Å². The summed E-state index contributed by atoms with van der Waals surface area (Å²) in [7, 11) is 0. The second-order valence-corrected chi connectivity index (χ2v) is 10.2. The lowest BCUT2D eigenvalue weighted by molar-refractivity contribution is -0.204. The Morgan fingerprint density at radius 1 is 1.17 bits per heavy atom. The van der Waals surface area contributed by atoms with Gasteiger partial charge in [0.15, 0.2) is 0 Å². The van der Waals surface area contributed by atoms with E-state index < -0.39 is 5.79 Å². The molecular weight excluding hydrogens is 372 g/mol. The Labute approximate surface area is 183 Å². The first-order chi connectivity index (χ1) is 14.2. The van der Waals surface area contributed by atoms with Gasteiger partial charge in [0, 0.05) is 30.9 Å². The first-order valence-corrected chi connectivity index (χ1v) is 12.1. The third-order valence-corrected chi connectivity index (χ3v) is 7.21. The van der Waals surface area contributed by atoms with Crippen molar-refractivity contribution in [3.63, 3.8) is 0 Å². The van der Waals surface area contributed by atoms with Crippen molar-refractivity contribution < 1.29 is 14.6 Å². The van der Waals surface area contributed by atoms with Gasteiger partial charge in [0.1, 0.15) is 11.5 Å². The smallest absolute Gasteiger partial charge is 0.211 e. The maximum atomic E-state index is 11.1. The van der Waals surface area contributed by atoms with Gasteiger partial charge in [-0.05, 0) is 56.7 Å². The number of benzene rings is 1. The lowest BCUT2D eigenvalue weighted by Crippen LogP contribution is -2.47. The number of phenols is 1. The van der Waals surface area contributed by atoms with Crippen LogP contribution in [0.4, 0.5) is 0 Å². The molecule has 2 bridgehead atoms. The SMILES string of the molecule is CCCCCCCC(C)(C)c1cc(O)c2c(c1)OC1(OCC)CCC(=C(C)C)C2C1. The van der Waals surface area contributed by atoms with Crippen molar-refractivity contribution in [1.29, 1.82) is 0 Å². The maximum absolute atomic E-state index is 11.1. The van der Waals surface area contributed by atoms with Crippen LogP contribution in [0.2, 0.25) is 0 Å². The summed E-state index contributed by atoms with van der Waals surface area (Å²) in [5, 5.41) is 11.1. The monoisotopic (exact) mass is 414 g/mol. The quantitative estimate of drug-likeness (QED) is 0.331. The number of ether oxygens (including phenoxy) is 2. The number of phenolic OH excluding ortho intramolecular Hbond substituents is 1. The van der Waals surface area contributed by atoms with E-state index in [1.807, 2.05) is 13.0 Å². The molecule has 3 nitrogen and oxygen atoms in total. The summed E-state index contributed by atoms with van der Waals surface area (Å²) in [6.07, 6.45) is 10.2. The van der Waals surface area contributed by atoms with E-state index in [2.05, 4.69) is 40.7 Å². The van der Waals surface area contributed by atoms with Crippen LogP contribution in [0.25, 0.3) is 0 Å². The minimum absolute atomic E-state index is 0.00671. The predicted octanol–water partition coefficient (Wildman–Crippen LogP) is 7.76. The molecule has 2 atom stereocenters. The number of fused-ring (bicyclic) bond motifs is 4. The van der Waals surface area contributed by atoms with E-state index in [0.29, 0.717) is 12.4 Å². The lowest BCUT2D eigenvalue weighted by atomic mass is 9.71. The summed E-state index contributed by atoms with van der Waals surface area (Å²) < 4.78 is 12.7. The Kier molecular flexibility index (Phi) is 7.22. The number of rotatable bonds is 9. The van der Waals surface area contributed by atoms with Crippen molar-refractivity contribution in [3.05, 3.63) is 34.4 Å². The zero-order chi connectivity index (χ0) is 21.9. The van der Waals surface area contributed by atoms with Gasteiger partial charge in [0.25, 0.3) is 0 Å². The van der Waals surface area contributed by atoms with Crippen LogP contribution in [-0.4, -0.2) is 17.5 Å². The van der Waals surface area contributed by atoms with Crippen LogP contribution < -0.4 is 4.74 Å². The van der Waals surface area contributed by atoms with Crippen molar-refractivity contribution in [2.45, 2.75) is 116 Å². The molecule has 3 heteroatoms. The van der Waals surface area contributed by atoms with Crippen molar-refractivity contribution >= 4 is 0 Å². The standard InChI is InChI=1S/C27H42O3/c1-7-9-10-11-12-14-26(5,6)20-16-23(28)25-22-18-27(29-8-2,30-24(25)17-20)15-13-21(22)19(3)4/h16-17,22,28H,7-15,18H2,1-6H3. The number of unbranched alkanes of at least 4 members (excludes halogenated alkanes) is 4. The molecule has 1 N–H and O–H groups in total. The molecule has 1 fully saturated rings. The van der Waals surface area contributed by atoms with E-state index in [9.17, 15) is 5.11 Å². The highest BCUT2D eigenvalue weighted by Gasteiger charge is 2.48. The van der Waals surface area contributed by atoms with Crippen LogP contribution in [0.15, 0.2) is 23.3 Å². The molecule has 1 aromatic carbocycles. The number of hydrogen-bond donors (Lipinski definition) is 1. The van der Waals surface area contributed by atoms with E-state index in [-0.39, 0.29) is 11.3 Å². The number of hydrogen-bond acceptors (Lipinski definition) is 3. The first kappa shape index (κ1) is 23.2. The van der Waals surface area contributed by atoms with Crippen LogP contribution >= 0.6 is 0 Å². The minimum atomic E-state index is -0.555. The van der Waals surface area contributed by atoms with E-state index in [1.165, 1.54) is 48.8 Å². The van der Waals surface area contributed by atoms with Gasteiger partial charge in [-0.25, -0.2) is 0 Å². The topological polar surface area (TPSA) is 38.7 Å². The molecule has 1 saturated carbocycles. The predicted molar refractivity (Wildman–Crippen MR) is 124 cm³/mol. The summed E-state index contributed by atoms with van der Waals surface area (Å²) in [6.45, 7) is 13.9. The van der Waals surface area contributed by atoms with Gasteiger partial charge in [0.05, 0.1) is 0 Å². The fourth-order valence-electron chi connectivity index (χ4n) is 5.38. The van der Waals surface area contributed by atoms with Gasteiger partial charge in [-0.3, -0.25) is 0 Å². The second kappa shape index (κ2) is 9.34. The fraction of sp³-hybridized carbons (Fsp3) is 0.704. The molecule has 0 saturated heterocycles. The Bertz CT molecular complexity index is 773. The molecule has 3 rings (SSSR count). The number of allylic oxidation sites excluding steroid dienone is 2. The van der Waals surface area contributed by atoms with Gasteiger partial charge in [-0.15, -0.1) is 0 Å². The maximum Gasteiger partial charge on any atom is 0.211 e. The van der Waals surface area contributed by atoms with Gasteiger partial charge in [-0.1, -0.05) is 64.0 Å². The highest BCUT2D eigenvalue weighted by Crippen LogP contribution is 2.56. The average Bonchev–Trinajstić information content (AvgIpc) is 2.67. The van der Waals surface area contributed by atoms with Crippen molar-refractivity contribution in [2.24, 2.45) is 0 Å². The molecular formula is C27H42O3. The Hall–Kier alpha value is -1.48. The Morgan fingerprint density at radius 2 is 1.90 bits per heavy atom. The van der Waals surface area contributed by atoms with Crippen LogP contribution in [0.1, 0.15) is 116 Å². The minimum Gasteiger partial charge on any atom is -0.507 e. The van der Waals surface area contributed by atoms with Gasteiger partial charge >= 0.3 is 0 Å². The average molecular weight is 415 g/mol. The molecule has 0 amide bonds. The normalized spacial score (nSPS) is 23.1. The molecule has 1 aliphatic carbocycles. The van der Waals surface area contributed by atoms with Gasteiger partial charge in [-0.2, -0.15) is 0 Å². The molecule has 1 heterocycles. The highest BCUT2D eigenvalue weighted by atomic mass is 16.7. The lowest BCUT2D eigenvalue weighted by Gasteiger charge is -2.47. The molecule has 2 aliphatic rings.